The van der Waals surface area contributed by atoms with Gasteiger partial charge in [-0.25, -0.2) is 4.79 Å². The van der Waals surface area contributed by atoms with Crippen LogP contribution in [0.3, 0.4) is 0 Å². The van der Waals surface area contributed by atoms with Crippen molar-refractivity contribution in [2.45, 2.75) is 12.5 Å². The molecule has 0 radical (unpaired) electrons. The van der Waals surface area contributed by atoms with Gasteiger partial charge in [-0.05, 0) is 0 Å². The first-order valence-electron chi connectivity index (χ1n) is 4.19. The average Bonchev–Trinajstić information content (AvgIpc) is 2.21. The lowest BCUT2D eigenvalue weighted by Gasteiger charge is -2.10. The Morgan fingerprint density at radius 1 is 1.50 bits per heavy atom. The second-order valence-corrected chi connectivity index (χ2v) is 2.52. The standard InChI is InChI=1S/C9H14O5/c1-2-9(12)14-7-8(11)6-13-5-3-4-10/h2,4,8,11H,1,3,5-7H2. The van der Waals surface area contributed by atoms with E-state index in [2.05, 4.69) is 11.3 Å². The smallest absolute Gasteiger partial charge is 0.330 e. The van der Waals surface area contributed by atoms with E-state index in [-0.39, 0.29) is 19.8 Å². The third-order valence-electron chi connectivity index (χ3n) is 1.27. The first-order chi connectivity index (χ1) is 6.70. The highest BCUT2D eigenvalue weighted by molar-refractivity contribution is 5.81. The first-order valence-corrected chi connectivity index (χ1v) is 4.19. The molecule has 0 aromatic carbocycles. The summed E-state index contributed by atoms with van der Waals surface area (Å²) in [6, 6.07) is 0. The Hall–Kier alpha value is -1.20. The van der Waals surface area contributed by atoms with Crippen molar-refractivity contribution in [2.75, 3.05) is 19.8 Å². The summed E-state index contributed by atoms with van der Waals surface area (Å²) >= 11 is 0. The predicted octanol–water partition coefficient (Wildman–Crippen LogP) is -0.318. The molecule has 0 aliphatic carbocycles. The van der Waals surface area contributed by atoms with E-state index in [1.165, 1.54) is 0 Å². The number of ether oxygens (including phenoxy) is 2. The molecule has 0 aliphatic rings. The van der Waals surface area contributed by atoms with Crippen molar-refractivity contribution in [1.82, 2.24) is 0 Å². The Bertz CT molecular complexity index is 190. The van der Waals surface area contributed by atoms with Gasteiger partial charge in [0, 0.05) is 12.5 Å². The van der Waals surface area contributed by atoms with Crippen molar-refractivity contribution >= 4 is 12.3 Å². The van der Waals surface area contributed by atoms with Gasteiger partial charge in [0.15, 0.2) is 0 Å². The summed E-state index contributed by atoms with van der Waals surface area (Å²) in [7, 11) is 0. The normalized spacial score (nSPS) is 11.8. The minimum Gasteiger partial charge on any atom is -0.460 e. The van der Waals surface area contributed by atoms with E-state index in [1.54, 1.807) is 0 Å². The molecule has 14 heavy (non-hydrogen) atoms. The molecular weight excluding hydrogens is 188 g/mol. The molecule has 0 saturated carbocycles. The van der Waals surface area contributed by atoms with Gasteiger partial charge in [-0.2, -0.15) is 0 Å². The minimum atomic E-state index is -0.870. The zero-order valence-electron chi connectivity index (χ0n) is 7.85. The molecule has 80 valence electrons. The molecule has 0 amide bonds. The first kappa shape index (κ1) is 12.8. The van der Waals surface area contributed by atoms with E-state index >= 15 is 0 Å². The van der Waals surface area contributed by atoms with Gasteiger partial charge in [0.2, 0.25) is 0 Å². The molecule has 5 nitrogen and oxygen atoms in total. The molecule has 0 aromatic rings. The lowest BCUT2D eigenvalue weighted by atomic mass is 10.4. The van der Waals surface area contributed by atoms with Crippen molar-refractivity contribution in [3.05, 3.63) is 12.7 Å². The molecule has 0 bridgehead atoms. The molecular formula is C9H14O5. The molecule has 1 unspecified atom stereocenters. The van der Waals surface area contributed by atoms with Crippen LogP contribution in [0.1, 0.15) is 6.42 Å². The number of hydrogen-bond acceptors (Lipinski definition) is 5. The Labute approximate surface area is 82.3 Å². The summed E-state index contributed by atoms with van der Waals surface area (Å²) in [5.74, 6) is -0.586. The van der Waals surface area contributed by atoms with E-state index in [4.69, 9.17) is 9.84 Å². The number of carbonyl (C=O) groups excluding carboxylic acids is 2. The van der Waals surface area contributed by atoms with Crippen LogP contribution in [0.15, 0.2) is 12.7 Å². The van der Waals surface area contributed by atoms with Gasteiger partial charge in [0.05, 0.1) is 13.2 Å². The number of esters is 1. The lowest BCUT2D eigenvalue weighted by Crippen LogP contribution is -2.23. The number of aliphatic hydroxyl groups is 1. The molecule has 0 rings (SSSR count). The SMILES string of the molecule is C=CC(=O)OCC(O)COCCC=O. The third-order valence-corrected chi connectivity index (χ3v) is 1.27. The van der Waals surface area contributed by atoms with E-state index in [1.807, 2.05) is 0 Å². The van der Waals surface area contributed by atoms with E-state index < -0.39 is 12.1 Å². The van der Waals surface area contributed by atoms with Crippen LogP contribution in [-0.4, -0.2) is 43.3 Å². The maximum Gasteiger partial charge on any atom is 0.330 e. The van der Waals surface area contributed by atoms with Crippen LogP contribution in [0, 0.1) is 0 Å². The maximum absolute atomic E-state index is 10.6. The van der Waals surface area contributed by atoms with E-state index in [0.29, 0.717) is 6.42 Å². The highest BCUT2D eigenvalue weighted by atomic mass is 16.5. The highest BCUT2D eigenvalue weighted by Crippen LogP contribution is 1.90. The summed E-state index contributed by atoms with van der Waals surface area (Å²) in [5, 5.41) is 9.17. The minimum absolute atomic E-state index is 0.0399. The van der Waals surface area contributed by atoms with Crippen LogP contribution in [0.25, 0.3) is 0 Å². The zero-order valence-corrected chi connectivity index (χ0v) is 7.85. The van der Waals surface area contributed by atoms with Crippen LogP contribution in [-0.2, 0) is 19.1 Å². The monoisotopic (exact) mass is 202 g/mol. The summed E-state index contributed by atoms with van der Waals surface area (Å²) in [6.45, 7) is 3.37. The van der Waals surface area contributed by atoms with Crippen molar-refractivity contribution < 1.29 is 24.2 Å². The third kappa shape index (κ3) is 7.45. The molecule has 1 N–H and O–H groups in total. The van der Waals surface area contributed by atoms with E-state index in [0.717, 1.165) is 12.4 Å². The van der Waals surface area contributed by atoms with Crippen molar-refractivity contribution in [3.63, 3.8) is 0 Å². The van der Waals surface area contributed by atoms with Gasteiger partial charge >= 0.3 is 5.97 Å². The van der Waals surface area contributed by atoms with Gasteiger partial charge < -0.3 is 19.4 Å². The molecule has 1 atom stereocenters. The molecule has 5 heteroatoms. The second kappa shape index (κ2) is 8.40. The Kier molecular flexibility index (Phi) is 7.68. The second-order valence-electron chi connectivity index (χ2n) is 2.52. The Morgan fingerprint density at radius 2 is 2.21 bits per heavy atom. The van der Waals surface area contributed by atoms with Crippen LogP contribution >= 0.6 is 0 Å². The van der Waals surface area contributed by atoms with Crippen molar-refractivity contribution in [1.29, 1.82) is 0 Å². The summed E-state index contributed by atoms with van der Waals surface area (Å²) in [6.07, 6.45) is 1.16. The van der Waals surface area contributed by atoms with Crippen molar-refractivity contribution in [3.8, 4) is 0 Å². The number of aliphatic hydroxyl groups excluding tert-OH is 1. The fourth-order valence-corrected chi connectivity index (χ4v) is 0.636. The molecule has 0 aromatic heterocycles. The molecule has 0 heterocycles. The fraction of sp³-hybridized carbons (Fsp3) is 0.556. The largest absolute Gasteiger partial charge is 0.460 e. The number of rotatable bonds is 8. The summed E-state index contributed by atoms with van der Waals surface area (Å²) < 4.78 is 9.46. The topological polar surface area (TPSA) is 72.8 Å². The number of carbonyl (C=O) groups is 2. The van der Waals surface area contributed by atoms with Crippen molar-refractivity contribution in [2.24, 2.45) is 0 Å². The predicted molar refractivity (Wildman–Crippen MR) is 48.7 cm³/mol. The van der Waals surface area contributed by atoms with E-state index in [9.17, 15) is 9.59 Å². The van der Waals surface area contributed by atoms with Crippen LogP contribution in [0.4, 0.5) is 0 Å². The van der Waals surface area contributed by atoms with Gasteiger partial charge in [0.1, 0.15) is 19.0 Å². The Morgan fingerprint density at radius 3 is 2.79 bits per heavy atom. The molecule has 0 spiro atoms. The summed E-state index contributed by atoms with van der Waals surface area (Å²) in [5.41, 5.74) is 0. The quantitative estimate of drug-likeness (QED) is 0.253. The zero-order chi connectivity index (χ0) is 10.8. The number of aldehydes is 1. The van der Waals surface area contributed by atoms with Gasteiger partial charge in [-0.1, -0.05) is 6.58 Å². The molecule has 0 saturated heterocycles. The molecule has 0 fully saturated rings. The van der Waals surface area contributed by atoms with Gasteiger partial charge in [-0.3, -0.25) is 0 Å². The fourth-order valence-electron chi connectivity index (χ4n) is 0.636. The maximum atomic E-state index is 10.6. The average molecular weight is 202 g/mol. The highest BCUT2D eigenvalue weighted by Gasteiger charge is 2.06. The van der Waals surface area contributed by atoms with Crippen LogP contribution in [0.5, 0.6) is 0 Å². The van der Waals surface area contributed by atoms with Gasteiger partial charge in [-0.15, -0.1) is 0 Å². The molecule has 0 aliphatic heterocycles. The lowest BCUT2D eigenvalue weighted by molar-refractivity contribution is -0.141. The van der Waals surface area contributed by atoms with Crippen LogP contribution < -0.4 is 0 Å². The summed E-state index contributed by atoms with van der Waals surface area (Å²) in [4.78, 5) is 20.4. The Balaban J connectivity index is 3.35. The van der Waals surface area contributed by atoms with Gasteiger partial charge in [0.25, 0.3) is 0 Å². The van der Waals surface area contributed by atoms with Crippen LogP contribution in [0.2, 0.25) is 0 Å². The number of hydrogen-bond donors (Lipinski definition) is 1.